The van der Waals surface area contributed by atoms with E-state index in [1.807, 2.05) is 24.3 Å². The molecule has 0 unspecified atom stereocenters. The lowest BCUT2D eigenvalue weighted by Gasteiger charge is -2.28. The Labute approximate surface area is 113 Å². The summed E-state index contributed by atoms with van der Waals surface area (Å²) in [5, 5.41) is 9.40. The minimum Gasteiger partial charge on any atom is -0.497 e. The van der Waals surface area contributed by atoms with Crippen molar-refractivity contribution in [3.63, 3.8) is 0 Å². The van der Waals surface area contributed by atoms with Crippen LogP contribution >= 0.6 is 0 Å². The van der Waals surface area contributed by atoms with E-state index in [0.717, 1.165) is 11.3 Å². The summed E-state index contributed by atoms with van der Waals surface area (Å²) < 4.78 is 5.13. The summed E-state index contributed by atoms with van der Waals surface area (Å²) in [7, 11) is 1.62. The first-order chi connectivity index (χ1) is 9.19. The average molecular weight is 261 g/mol. The molecule has 1 heterocycles. The Balaban J connectivity index is 1.95. The van der Waals surface area contributed by atoms with E-state index in [9.17, 15) is 9.90 Å². The van der Waals surface area contributed by atoms with Crippen LogP contribution in [0.2, 0.25) is 0 Å². The highest BCUT2D eigenvalue weighted by atomic mass is 16.5. The van der Waals surface area contributed by atoms with Crippen molar-refractivity contribution in [2.75, 3.05) is 20.2 Å². The van der Waals surface area contributed by atoms with Crippen LogP contribution in [-0.2, 0) is 4.79 Å². The number of aliphatic hydroxyl groups is 1. The van der Waals surface area contributed by atoms with E-state index in [0.29, 0.717) is 25.9 Å². The van der Waals surface area contributed by atoms with E-state index in [-0.39, 0.29) is 12.0 Å². The molecule has 4 nitrogen and oxygen atoms in total. The van der Waals surface area contributed by atoms with Crippen molar-refractivity contribution in [1.82, 2.24) is 4.90 Å². The van der Waals surface area contributed by atoms with Gasteiger partial charge in [-0.1, -0.05) is 12.1 Å². The van der Waals surface area contributed by atoms with Gasteiger partial charge in [-0.25, -0.2) is 0 Å². The number of nitrogens with zero attached hydrogens (tertiary/aromatic N) is 1. The van der Waals surface area contributed by atoms with Crippen LogP contribution < -0.4 is 4.74 Å². The highest BCUT2D eigenvalue weighted by molar-refractivity contribution is 5.91. The van der Waals surface area contributed by atoms with E-state index in [1.165, 1.54) is 0 Å². The molecule has 1 fully saturated rings. The van der Waals surface area contributed by atoms with Crippen molar-refractivity contribution in [1.29, 1.82) is 0 Å². The van der Waals surface area contributed by atoms with Crippen molar-refractivity contribution >= 4 is 12.0 Å². The Morgan fingerprint density at radius 3 is 2.84 bits per heavy atom. The van der Waals surface area contributed by atoms with Crippen LogP contribution in [0.15, 0.2) is 30.3 Å². The second kappa shape index (κ2) is 6.38. The van der Waals surface area contributed by atoms with Crippen LogP contribution in [0.1, 0.15) is 18.4 Å². The van der Waals surface area contributed by atoms with E-state index >= 15 is 0 Å². The molecule has 102 valence electrons. The van der Waals surface area contributed by atoms with Crippen LogP contribution in [0.5, 0.6) is 5.75 Å². The molecule has 0 atom stereocenters. The smallest absolute Gasteiger partial charge is 0.246 e. The van der Waals surface area contributed by atoms with Gasteiger partial charge in [-0.2, -0.15) is 0 Å². The molecule has 0 spiro atoms. The van der Waals surface area contributed by atoms with Crippen molar-refractivity contribution in [2.24, 2.45) is 0 Å². The number of aliphatic hydroxyl groups excluding tert-OH is 1. The van der Waals surface area contributed by atoms with Crippen molar-refractivity contribution in [3.05, 3.63) is 35.9 Å². The summed E-state index contributed by atoms with van der Waals surface area (Å²) in [5.74, 6) is 0.769. The lowest BCUT2D eigenvalue weighted by Crippen LogP contribution is -2.39. The molecule has 0 radical (unpaired) electrons. The minimum absolute atomic E-state index is 0.00489. The molecule has 1 aliphatic rings. The maximum absolute atomic E-state index is 12.0. The Kier molecular flexibility index (Phi) is 4.58. The normalized spacial score (nSPS) is 16.8. The SMILES string of the molecule is COc1cccc(/C=C/C(=O)N2CCC(O)CC2)c1. The van der Waals surface area contributed by atoms with Gasteiger partial charge in [-0.3, -0.25) is 4.79 Å². The van der Waals surface area contributed by atoms with Crippen LogP contribution in [0.3, 0.4) is 0 Å². The largest absolute Gasteiger partial charge is 0.497 e. The molecule has 19 heavy (non-hydrogen) atoms. The maximum Gasteiger partial charge on any atom is 0.246 e. The molecular formula is C15H19NO3. The molecule has 1 amide bonds. The summed E-state index contributed by atoms with van der Waals surface area (Å²) in [6.45, 7) is 1.25. The third-order valence-electron chi connectivity index (χ3n) is 3.29. The predicted molar refractivity (Wildman–Crippen MR) is 73.8 cm³/mol. The topological polar surface area (TPSA) is 49.8 Å². The van der Waals surface area contributed by atoms with Gasteiger partial charge in [0.2, 0.25) is 5.91 Å². The standard InChI is InChI=1S/C15H19NO3/c1-19-14-4-2-3-12(11-14)5-6-15(18)16-9-7-13(17)8-10-16/h2-6,11,13,17H,7-10H2,1H3/b6-5+. The van der Waals surface area contributed by atoms with Crippen LogP contribution in [0, 0.1) is 0 Å². The third kappa shape index (κ3) is 3.83. The molecule has 0 bridgehead atoms. The van der Waals surface area contributed by atoms with E-state index in [2.05, 4.69) is 0 Å². The third-order valence-corrected chi connectivity index (χ3v) is 3.29. The van der Waals surface area contributed by atoms with Gasteiger partial charge in [0.1, 0.15) is 5.75 Å². The Bertz CT molecular complexity index is 462. The van der Waals surface area contributed by atoms with E-state index in [4.69, 9.17) is 4.74 Å². The van der Waals surface area contributed by atoms with Gasteiger partial charge in [-0.05, 0) is 36.6 Å². The number of amides is 1. The molecule has 1 saturated heterocycles. The zero-order chi connectivity index (χ0) is 13.7. The number of hydrogen-bond acceptors (Lipinski definition) is 3. The van der Waals surface area contributed by atoms with Crippen LogP contribution in [0.25, 0.3) is 6.08 Å². The van der Waals surface area contributed by atoms with Gasteiger partial charge in [0.05, 0.1) is 13.2 Å². The molecule has 0 saturated carbocycles. The predicted octanol–water partition coefficient (Wildman–Crippen LogP) is 1.69. The monoisotopic (exact) mass is 261 g/mol. The Morgan fingerprint density at radius 1 is 1.42 bits per heavy atom. The highest BCUT2D eigenvalue weighted by Gasteiger charge is 2.19. The van der Waals surface area contributed by atoms with Crippen LogP contribution in [0.4, 0.5) is 0 Å². The summed E-state index contributed by atoms with van der Waals surface area (Å²) >= 11 is 0. The molecule has 0 aliphatic carbocycles. The maximum atomic E-state index is 12.0. The quantitative estimate of drug-likeness (QED) is 0.842. The summed E-state index contributed by atoms with van der Waals surface area (Å²) in [5.41, 5.74) is 0.935. The number of methoxy groups -OCH3 is 1. The second-order valence-corrected chi connectivity index (χ2v) is 4.67. The van der Waals surface area contributed by atoms with Gasteiger partial charge < -0.3 is 14.7 Å². The van der Waals surface area contributed by atoms with Crippen LogP contribution in [-0.4, -0.2) is 42.2 Å². The van der Waals surface area contributed by atoms with Crippen molar-refractivity contribution in [2.45, 2.75) is 18.9 Å². The first kappa shape index (κ1) is 13.6. The molecule has 1 N–H and O–H groups in total. The number of carbonyl (C=O) groups excluding carboxylic acids is 1. The molecule has 1 aromatic carbocycles. The minimum atomic E-state index is -0.258. The fourth-order valence-corrected chi connectivity index (χ4v) is 2.10. The number of benzene rings is 1. The number of ether oxygens (including phenoxy) is 1. The zero-order valence-electron chi connectivity index (χ0n) is 11.1. The first-order valence-corrected chi connectivity index (χ1v) is 6.48. The molecule has 0 aromatic heterocycles. The van der Waals surface area contributed by atoms with Crippen molar-refractivity contribution < 1.29 is 14.6 Å². The Hall–Kier alpha value is -1.81. The van der Waals surface area contributed by atoms with Gasteiger partial charge in [0.25, 0.3) is 0 Å². The zero-order valence-corrected chi connectivity index (χ0v) is 11.1. The lowest BCUT2D eigenvalue weighted by molar-refractivity contribution is -0.127. The molecule has 1 aliphatic heterocycles. The highest BCUT2D eigenvalue weighted by Crippen LogP contribution is 2.14. The molecule has 1 aromatic rings. The van der Waals surface area contributed by atoms with Crippen molar-refractivity contribution in [3.8, 4) is 5.75 Å². The average Bonchev–Trinajstić information content (AvgIpc) is 2.46. The number of piperidine rings is 1. The summed E-state index contributed by atoms with van der Waals surface area (Å²) in [6.07, 6.45) is 4.44. The number of hydrogen-bond donors (Lipinski definition) is 1. The lowest BCUT2D eigenvalue weighted by atomic mass is 10.1. The van der Waals surface area contributed by atoms with Gasteiger partial charge in [0.15, 0.2) is 0 Å². The van der Waals surface area contributed by atoms with E-state index < -0.39 is 0 Å². The number of carbonyl (C=O) groups is 1. The van der Waals surface area contributed by atoms with Gasteiger partial charge in [0, 0.05) is 19.2 Å². The fraction of sp³-hybridized carbons (Fsp3) is 0.400. The molecule has 4 heteroatoms. The molecular weight excluding hydrogens is 242 g/mol. The van der Waals surface area contributed by atoms with Gasteiger partial charge >= 0.3 is 0 Å². The first-order valence-electron chi connectivity index (χ1n) is 6.48. The number of rotatable bonds is 3. The Morgan fingerprint density at radius 2 is 2.16 bits per heavy atom. The van der Waals surface area contributed by atoms with E-state index in [1.54, 1.807) is 24.2 Å². The van der Waals surface area contributed by atoms with Gasteiger partial charge in [-0.15, -0.1) is 0 Å². The molecule has 2 rings (SSSR count). The fourth-order valence-electron chi connectivity index (χ4n) is 2.10. The summed E-state index contributed by atoms with van der Waals surface area (Å²) in [6, 6.07) is 7.56. The second-order valence-electron chi connectivity index (χ2n) is 4.67. The number of likely N-dealkylation sites (tertiary alicyclic amines) is 1. The summed E-state index contributed by atoms with van der Waals surface area (Å²) in [4.78, 5) is 13.7.